The number of allylic oxidation sites excluding steroid dienone is 1. The second-order valence-corrected chi connectivity index (χ2v) is 20.4. The van der Waals surface area contributed by atoms with Gasteiger partial charge in [0.15, 0.2) is 8.32 Å². The average Bonchev–Trinajstić information content (AvgIpc) is 3.12. The van der Waals surface area contributed by atoms with Crippen LogP contribution in [0, 0.1) is 11.3 Å². The molecule has 0 amide bonds. The predicted molar refractivity (Wildman–Crippen MR) is 207 cm³/mol. The van der Waals surface area contributed by atoms with Crippen molar-refractivity contribution in [1.29, 1.82) is 0 Å². The second-order valence-electron chi connectivity index (χ2n) is 15.7. The molecule has 1 aliphatic carbocycles. The summed E-state index contributed by atoms with van der Waals surface area (Å²) in [7, 11) is -2.22. The zero-order valence-electron chi connectivity index (χ0n) is 31.0. The van der Waals surface area contributed by atoms with Crippen LogP contribution in [-0.2, 0) is 26.1 Å². The van der Waals surface area contributed by atoms with E-state index in [0.717, 1.165) is 29.5 Å². The van der Waals surface area contributed by atoms with Gasteiger partial charge in [-0.05, 0) is 72.0 Å². The number of hydrogen-bond acceptors (Lipinski definition) is 3. The van der Waals surface area contributed by atoms with Crippen LogP contribution in [0.1, 0.15) is 82.6 Å². The highest BCUT2D eigenvalue weighted by molar-refractivity contribution is 6.74. The van der Waals surface area contributed by atoms with Gasteiger partial charge in [-0.1, -0.05) is 168 Å². The smallest absolute Gasteiger partial charge is 0.192 e. The minimum Gasteiger partial charge on any atom is -0.411 e. The normalized spacial score (nSPS) is 16.8. The summed E-state index contributed by atoms with van der Waals surface area (Å²) < 4.78 is 21.7. The van der Waals surface area contributed by atoms with Crippen molar-refractivity contribution in [2.45, 2.75) is 96.7 Å². The van der Waals surface area contributed by atoms with Crippen LogP contribution in [0.25, 0.3) is 0 Å². The van der Waals surface area contributed by atoms with Crippen LogP contribution in [0.15, 0.2) is 133 Å². The molecular formula is C45H58O3Si. The van der Waals surface area contributed by atoms with Gasteiger partial charge in [-0.2, -0.15) is 0 Å². The Kier molecular flexibility index (Phi) is 12.2. The third-order valence-corrected chi connectivity index (χ3v) is 15.9. The highest BCUT2D eigenvalue weighted by atomic mass is 28.4. The van der Waals surface area contributed by atoms with Gasteiger partial charge in [-0.3, -0.25) is 0 Å². The van der Waals surface area contributed by atoms with Crippen LogP contribution in [0.5, 0.6) is 0 Å². The first kappa shape index (κ1) is 37.0. The molecule has 0 heterocycles. The van der Waals surface area contributed by atoms with E-state index in [1.165, 1.54) is 24.0 Å². The standard InChI is InChI=1S/C45H58O3Si/c1-36(44(5,38-25-15-9-16-26-38)35-46-33-37-23-13-8-14-24-37)42(48-49(6,7)43(2,3)4)34-47-45(39-27-17-10-18-28-39,40-29-19-11-20-30-40)41-31-21-12-22-32-41/h8,10-14,17-25,27-32,36,42H,9,15-16,26,33-35H2,1-7H3/t36-,42-,44-/m1/s1. The third kappa shape index (κ3) is 8.55. The lowest BCUT2D eigenvalue weighted by Crippen LogP contribution is -2.51. The van der Waals surface area contributed by atoms with Gasteiger partial charge >= 0.3 is 0 Å². The van der Waals surface area contributed by atoms with Gasteiger partial charge in [0.25, 0.3) is 0 Å². The van der Waals surface area contributed by atoms with Crippen LogP contribution in [-0.4, -0.2) is 27.6 Å². The van der Waals surface area contributed by atoms with Crippen molar-refractivity contribution >= 4 is 8.32 Å². The molecule has 49 heavy (non-hydrogen) atoms. The molecule has 0 saturated heterocycles. The van der Waals surface area contributed by atoms with E-state index in [0.29, 0.717) is 19.8 Å². The molecule has 3 nitrogen and oxygen atoms in total. The second kappa shape index (κ2) is 16.2. The summed E-state index contributed by atoms with van der Waals surface area (Å²) in [5.41, 5.74) is 4.98. The molecule has 0 unspecified atom stereocenters. The summed E-state index contributed by atoms with van der Waals surface area (Å²) in [6.45, 7) is 18.2. The molecule has 4 heteroatoms. The Balaban J connectivity index is 1.58. The van der Waals surface area contributed by atoms with Gasteiger partial charge in [0, 0.05) is 5.41 Å². The third-order valence-electron chi connectivity index (χ3n) is 11.4. The van der Waals surface area contributed by atoms with E-state index in [-0.39, 0.29) is 22.5 Å². The molecule has 3 atom stereocenters. The van der Waals surface area contributed by atoms with Gasteiger partial charge < -0.3 is 13.9 Å². The molecule has 0 saturated carbocycles. The van der Waals surface area contributed by atoms with Gasteiger partial charge in [-0.25, -0.2) is 0 Å². The predicted octanol–water partition coefficient (Wildman–Crippen LogP) is 11.7. The quantitative estimate of drug-likeness (QED) is 0.0713. The van der Waals surface area contributed by atoms with E-state index in [2.05, 4.69) is 175 Å². The molecular weight excluding hydrogens is 617 g/mol. The number of hydrogen-bond donors (Lipinski definition) is 0. The van der Waals surface area contributed by atoms with Crippen molar-refractivity contribution in [1.82, 2.24) is 0 Å². The molecule has 260 valence electrons. The number of benzene rings is 4. The largest absolute Gasteiger partial charge is 0.411 e. The van der Waals surface area contributed by atoms with Crippen LogP contribution >= 0.6 is 0 Å². The molecule has 0 bridgehead atoms. The van der Waals surface area contributed by atoms with Gasteiger partial charge in [0.1, 0.15) is 5.60 Å². The zero-order valence-corrected chi connectivity index (χ0v) is 32.0. The highest BCUT2D eigenvalue weighted by Crippen LogP contribution is 2.47. The molecule has 0 fully saturated rings. The molecule has 0 aliphatic heterocycles. The van der Waals surface area contributed by atoms with Crippen molar-refractivity contribution < 1.29 is 13.9 Å². The molecule has 4 aromatic rings. The Labute approximate surface area is 297 Å². The van der Waals surface area contributed by atoms with Crippen molar-refractivity contribution in [2.75, 3.05) is 13.2 Å². The first-order valence-electron chi connectivity index (χ1n) is 18.3. The lowest BCUT2D eigenvalue weighted by molar-refractivity contribution is -0.0763. The van der Waals surface area contributed by atoms with Gasteiger partial charge in [-0.15, -0.1) is 0 Å². The fourth-order valence-corrected chi connectivity index (χ4v) is 8.43. The van der Waals surface area contributed by atoms with Crippen LogP contribution < -0.4 is 0 Å². The highest BCUT2D eigenvalue weighted by Gasteiger charge is 2.47. The van der Waals surface area contributed by atoms with E-state index in [1.54, 1.807) is 0 Å². The van der Waals surface area contributed by atoms with Crippen molar-refractivity contribution in [2.24, 2.45) is 11.3 Å². The molecule has 4 aromatic carbocycles. The van der Waals surface area contributed by atoms with E-state index in [9.17, 15) is 0 Å². The number of ether oxygens (including phenoxy) is 2. The average molecular weight is 675 g/mol. The molecule has 1 aliphatic rings. The fraction of sp³-hybridized carbons (Fsp3) is 0.422. The SMILES string of the molecule is C[C@H]([C@@H](COC(c1ccccc1)(c1ccccc1)c1ccccc1)O[Si](C)(C)C(C)(C)C)[C@@](C)(COCc1ccccc1)C1=CCCCC1. The van der Waals surface area contributed by atoms with Crippen LogP contribution in [0.3, 0.4) is 0 Å². The van der Waals surface area contributed by atoms with Crippen LogP contribution in [0.2, 0.25) is 18.1 Å². The summed E-state index contributed by atoms with van der Waals surface area (Å²) in [4.78, 5) is 0. The maximum atomic E-state index is 7.52. The monoisotopic (exact) mass is 674 g/mol. The zero-order chi connectivity index (χ0) is 35.0. The minimum atomic E-state index is -2.22. The lowest BCUT2D eigenvalue weighted by atomic mass is 9.67. The molecule has 0 spiro atoms. The summed E-state index contributed by atoms with van der Waals surface area (Å²) in [5, 5.41) is 0.0463. The Morgan fingerprint density at radius 2 is 1.16 bits per heavy atom. The summed E-state index contributed by atoms with van der Waals surface area (Å²) in [6, 6.07) is 42.6. The van der Waals surface area contributed by atoms with Crippen molar-refractivity contribution in [3.05, 3.63) is 155 Å². The molecule has 5 rings (SSSR count). The summed E-state index contributed by atoms with van der Waals surface area (Å²) in [5.74, 6) is 0.127. The maximum Gasteiger partial charge on any atom is 0.192 e. The molecule has 0 radical (unpaired) electrons. The summed E-state index contributed by atoms with van der Waals surface area (Å²) >= 11 is 0. The molecule has 0 aromatic heterocycles. The van der Waals surface area contributed by atoms with Crippen LogP contribution in [0.4, 0.5) is 0 Å². The first-order valence-corrected chi connectivity index (χ1v) is 21.2. The van der Waals surface area contributed by atoms with E-state index in [1.807, 2.05) is 0 Å². The van der Waals surface area contributed by atoms with E-state index < -0.39 is 13.9 Å². The molecule has 0 N–H and O–H groups in total. The van der Waals surface area contributed by atoms with Crippen molar-refractivity contribution in [3.63, 3.8) is 0 Å². The maximum absolute atomic E-state index is 7.52. The van der Waals surface area contributed by atoms with Crippen molar-refractivity contribution in [3.8, 4) is 0 Å². The van der Waals surface area contributed by atoms with Gasteiger partial charge in [0.2, 0.25) is 0 Å². The van der Waals surface area contributed by atoms with Gasteiger partial charge in [0.05, 0.1) is 25.9 Å². The Hall–Kier alpha value is -3.28. The number of rotatable bonds is 15. The fourth-order valence-electron chi connectivity index (χ4n) is 7.05. The van der Waals surface area contributed by atoms with E-state index in [4.69, 9.17) is 13.9 Å². The topological polar surface area (TPSA) is 27.7 Å². The minimum absolute atomic E-state index is 0.0463. The Morgan fingerprint density at radius 1 is 0.673 bits per heavy atom. The van der Waals surface area contributed by atoms with E-state index >= 15 is 0 Å². The Bertz CT molecular complexity index is 1500. The summed E-state index contributed by atoms with van der Waals surface area (Å²) in [6.07, 6.45) is 7.03. The lowest BCUT2D eigenvalue weighted by Gasteiger charge is -2.48. The Morgan fingerprint density at radius 3 is 1.61 bits per heavy atom. The first-order chi connectivity index (χ1) is 23.5.